The first-order valence-electron chi connectivity index (χ1n) is 6.54. The SMILES string of the molecule is CC(C)(CC(=O)O)CC(N)c1ccc2c(c1)COC2. The van der Waals surface area contributed by atoms with Gasteiger partial charge in [-0.2, -0.15) is 0 Å². The lowest BCUT2D eigenvalue weighted by Gasteiger charge is -2.26. The van der Waals surface area contributed by atoms with Crippen LogP contribution in [0.15, 0.2) is 18.2 Å². The van der Waals surface area contributed by atoms with E-state index in [1.54, 1.807) is 0 Å². The summed E-state index contributed by atoms with van der Waals surface area (Å²) in [6.07, 6.45) is 0.785. The van der Waals surface area contributed by atoms with Crippen molar-refractivity contribution in [1.82, 2.24) is 0 Å². The third-order valence-corrected chi connectivity index (χ3v) is 3.58. The average molecular weight is 263 g/mol. The van der Waals surface area contributed by atoms with Crippen LogP contribution < -0.4 is 5.73 Å². The molecule has 0 spiro atoms. The fourth-order valence-electron chi connectivity index (χ4n) is 2.62. The smallest absolute Gasteiger partial charge is 0.303 e. The van der Waals surface area contributed by atoms with Gasteiger partial charge in [-0.25, -0.2) is 0 Å². The number of carboxylic acid groups (broad SMARTS) is 1. The fourth-order valence-corrected chi connectivity index (χ4v) is 2.62. The summed E-state index contributed by atoms with van der Waals surface area (Å²) >= 11 is 0. The van der Waals surface area contributed by atoms with Gasteiger partial charge in [0.05, 0.1) is 19.6 Å². The molecule has 0 bridgehead atoms. The molecule has 0 aliphatic carbocycles. The normalized spacial score (nSPS) is 16.2. The zero-order valence-electron chi connectivity index (χ0n) is 11.5. The third-order valence-electron chi connectivity index (χ3n) is 3.58. The predicted octanol–water partition coefficient (Wildman–Crippen LogP) is 2.61. The number of aliphatic carboxylic acids is 1. The van der Waals surface area contributed by atoms with Crippen LogP contribution in [0.3, 0.4) is 0 Å². The Morgan fingerprint density at radius 3 is 2.79 bits per heavy atom. The minimum Gasteiger partial charge on any atom is -0.481 e. The van der Waals surface area contributed by atoms with Crippen molar-refractivity contribution in [3.63, 3.8) is 0 Å². The van der Waals surface area contributed by atoms with Crippen LogP contribution in [-0.4, -0.2) is 11.1 Å². The molecule has 2 rings (SSSR count). The van der Waals surface area contributed by atoms with Gasteiger partial charge in [0, 0.05) is 6.04 Å². The number of rotatable bonds is 5. The van der Waals surface area contributed by atoms with Crippen LogP contribution in [0.25, 0.3) is 0 Å². The molecule has 1 unspecified atom stereocenters. The summed E-state index contributed by atoms with van der Waals surface area (Å²) in [5.74, 6) is -0.778. The Kier molecular flexibility index (Phi) is 3.92. The van der Waals surface area contributed by atoms with E-state index in [1.165, 1.54) is 11.1 Å². The first-order chi connectivity index (χ1) is 8.87. The minimum absolute atomic E-state index is 0.134. The van der Waals surface area contributed by atoms with Crippen molar-refractivity contribution in [3.8, 4) is 0 Å². The monoisotopic (exact) mass is 263 g/mol. The summed E-state index contributed by atoms with van der Waals surface area (Å²) in [5, 5.41) is 8.90. The average Bonchev–Trinajstić information content (AvgIpc) is 2.72. The topological polar surface area (TPSA) is 72.5 Å². The molecule has 1 aromatic carbocycles. The summed E-state index contributed by atoms with van der Waals surface area (Å²) in [7, 11) is 0. The van der Waals surface area contributed by atoms with Gasteiger partial charge >= 0.3 is 5.97 Å². The van der Waals surface area contributed by atoms with Crippen LogP contribution >= 0.6 is 0 Å². The first kappa shape index (κ1) is 14.0. The Morgan fingerprint density at radius 2 is 2.11 bits per heavy atom. The van der Waals surface area contributed by atoms with E-state index in [9.17, 15) is 4.79 Å². The number of hydrogen-bond donors (Lipinski definition) is 2. The molecule has 1 aliphatic rings. The standard InChI is InChI=1S/C15H21NO3/c1-15(2,7-14(17)18)6-13(16)10-3-4-11-8-19-9-12(11)5-10/h3-5,13H,6-9,16H2,1-2H3,(H,17,18). The molecular formula is C15H21NO3. The van der Waals surface area contributed by atoms with Crippen LogP contribution in [0, 0.1) is 5.41 Å². The number of carboxylic acids is 1. The Morgan fingerprint density at radius 1 is 1.42 bits per heavy atom. The highest BCUT2D eigenvalue weighted by atomic mass is 16.5. The van der Waals surface area contributed by atoms with Crippen LogP contribution in [0.4, 0.5) is 0 Å². The molecule has 19 heavy (non-hydrogen) atoms. The number of ether oxygens (including phenoxy) is 1. The van der Waals surface area contributed by atoms with E-state index < -0.39 is 5.97 Å². The van der Waals surface area contributed by atoms with E-state index in [0.717, 1.165) is 5.56 Å². The van der Waals surface area contributed by atoms with E-state index in [0.29, 0.717) is 19.6 Å². The summed E-state index contributed by atoms with van der Waals surface area (Å²) in [5.41, 5.74) is 9.39. The lowest BCUT2D eigenvalue weighted by atomic mass is 9.81. The number of hydrogen-bond acceptors (Lipinski definition) is 3. The molecule has 1 aliphatic heterocycles. The van der Waals surface area contributed by atoms with Gasteiger partial charge in [0.2, 0.25) is 0 Å². The van der Waals surface area contributed by atoms with Crippen LogP contribution in [-0.2, 0) is 22.7 Å². The molecule has 1 aromatic rings. The Labute approximate surface area is 113 Å². The van der Waals surface area contributed by atoms with Crippen molar-refractivity contribution in [1.29, 1.82) is 0 Å². The second-order valence-electron chi connectivity index (χ2n) is 6.07. The van der Waals surface area contributed by atoms with E-state index >= 15 is 0 Å². The van der Waals surface area contributed by atoms with Crippen LogP contribution in [0.5, 0.6) is 0 Å². The van der Waals surface area contributed by atoms with E-state index in [4.69, 9.17) is 15.6 Å². The third kappa shape index (κ3) is 3.55. The summed E-state index contributed by atoms with van der Waals surface area (Å²) in [6, 6.07) is 6.03. The molecule has 0 saturated carbocycles. The van der Waals surface area contributed by atoms with Crippen molar-refractivity contribution in [2.75, 3.05) is 0 Å². The van der Waals surface area contributed by atoms with Crippen molar-refractivity contribution in [3.05, 3.63) is 34.9 Å². The second-order valence-corrected chi connectivity index (χ2v) is 6.07. The van der Waals surface area contributed by atoms with E-state index in [2.05, 4.69) is 12.1 Å². The van der Waals surface area contributed by atoms with Crippen molar-refractivity contribution in [2.24, 2.45) is 11.1 Å². The number of nitrogens with two attached hydrogens (primary N) is 1. The summed E-state index contributed by atoms with van der Waals surface area (Å²) < 4.78 is 5.38. The number of carbonyl (C=O) groups is 1. The molecule has 0 saturated heterocycles. The maximum atomic E-state index is 10.8. The largest absolute Gasteiger partial charge is 0.481 e. The van der Waals surface area contributed by atoms with Crippen molar-refractivity contribution >= 4 is 5.97 Å². The highest BCUT2D eigenvalue weighted by molar-refractivity contribution is 5.67. The molecule has 0 radical (unpaired) electrons. The lowest BCUT2D eigenvalue weighted by Crippen LogP contribution is -2.24. The van der Waals surface area contributed by atoms with Crippen LogP contribution in [0.2, 0.25) is 0 Å². The van der Waals surface area contributed by atoms with Gasteiger partial charge < -0.3 is 15.6 Å². The van der Waals surface area contributed by atoms with Crippen molar-refractivity contribution in [2.45, 2.75) is 45.9 Å². The zero-order valence-corrected chi connectivity index (χ0v) is 11.5. The molecule has 4 nitrogen and oxygen atoms in total. The van der Waals surface area contributed by atoms with Gasteiger partial charge in [0.25, 0.3) is 0 Å². The Balaban J connectivity index is 2.07. The van der Waals surface area contributed by atoms with Gasteiger partial charge in [-0.1, -0.05) is 32.0 Å². The quantitative estimate of drug-likeness (QED) is 0.856. The molecule has 0 amide bonds. The molecule has 1 heterocycles. The minimum atomic E-state index is -0.778. The molecule has 0 aromatic heterocycles. The summed E-state index contributed by atoms with van der Waals surface area (Å²) in [6.45, 7) is 5.21. The van der Waals surface area contributed by atoms with Crippen molar-refractivity contribution < 1.29 is 14.6 Å². The highest BCUT2D eigenvalue weighted by Gasteiger charge is 2.25. The number of benzene rings is 1. The fraction of sp³-hybridized carbons (Fsp3) is 0.533. The molecule has 3 N–H and O–H groups in total. The predicted molar refractivity (Wildman–Crippen MR) is 72.5 cm³/mol. The second kappa shape index (κ2) is 5.31. The molecule has 1 atom stereocenters. The highest BCUT2D eigenvalue weighted by Crippen LogP contribution is 2.33. The zero-order chi connectivity index (χ0) is 14.0. The lowest BCUT2D eigenvalue weighted by molar-refractivity contribution is -0.139. The summed E-state index contributed by atoms with van der Waals surface area (Å²) in [4.78, 5) is 10.8. The number of fused-ring (bicyclic) bond motifs is 1. The van der Waals surface area contributed by atoms with Gasteiger partial charge in [-0.15, -0.1) is 0 Å². The van der Waals surface area contributed by atoms with E-state index in [-0.39, 0.29) is 17.9 Å². The van der Waals surface area contributed by atoms with Gasteiger partial charge in [-0.05, 0) is 28.5 Å². The van der Waals surface area contributed by atoms with E-state index in [1.807, 2.05) is 19.9 Å². The molecule has 0 fully saturated rings. The molecule has 4 heteroatoms. The van der Waals surface area contributed by atoms with Gasteiger partial charge in [-0.3, -0.25) is 4.79 Å². The van der Waals surface area contributed by atoms with Crippen LogP contribution in [0.1, 0.15) is 49.4 Å². The van der Waals surface area contributed by atoms with Gasteiger partial charge in [0.1, 0.15) is 0 Å². The first-order valence-corrected chi connectivity index (χ1v) is 6.54. The Bertz CT molecular complexity index is 482. The van der Waals surface area contributed by atoms with Gasteiger partial charge in [0.15, 0.2) is 0 Å². The Hall–Kier alpha value is -1.39. The molecule has 104 valence electrons. The maximum absolute atomic E-state index is 10.8. The maximum Gasteiger partial charge on any atom is 0.303 e. The molecular weight excluding hydrogens is 242 g/mol.